The molecule has 1 fully saturated rings. The van der Waals surface area contributed by atoms with E-state index < -0.39 is 6.10 Å². The van der Waals surface area contributed by atoms with E-state index in [1.54, 1.807) is 4.40 Å². The van der Waals surface area contributed by atoms with Gasteiger partial charge in [0.2, 0.25) is 0 Å². The number of ether oxygens (including phenoxy) is 1. The molecule has 0 aliphatic heterocycles. The van der Waals surface area contributed by atoms with E-state index in [-0.39, 0.29) is 12.5 Å². The van der Waals surface area contributed by atoms with Gasteiger partial charge in [0.1, 0.15) is 5.69 Å². The van der Waals surface area contributed by atoms with Gasteiger partial charge in [-0.25, -0.2) is 4.98 Å². The second kappa shape index (κ2) is 8.54. The fraction of sp³-hybridized carbons (Fsp3) is 0.600. The normalized spacial score (nSPS) is 16.6. The summed E-state index contributed by atoms with van der Waals surface area (Å²) in [6.45, 7) is 4.64. The van der Waals surface area contributed by atoms with E-state index >= 15 is 0 Å². The Morgan fingerprint density at radius 3 is 2.92 bits per heavy atom. The molecule has 3 rings (SSSR count). The molecular formula is C20H29N3O3. The Morgan fingerprint density at radius 2 is 2.19 bits per heavy atom. The van der Waals surface area contributed by atoms with Crippen molar-refractivity contribution >= 4 is 11.6 Å². The molecule has 1 aliphatic carbocycles. The molecule has 2 aromatic rings. The van der Waals surface area contributed by atoms with Gasteiger partial charge in [-0.05, 0) is 44.2 Å². The highest BCUT2D eigenvalue weighted by Gasteiger charge is 2.20. The number of aliphatic hydroxyl groups is 1. The number of pyridine rings is 1. The Morgan fingerprint density at radius 1 is 1.42 bits per heavy atom. The summed E-state index contributed by atoms with van der Waals surface area (Å²) in [4.78, 5) is 17.1. The number of carbonyl (C=O) groups excluding carboxylic acids is 1. The second-order valence-corrected chi connectivity index (χ2v) is 7.20. The van der Waals surface area contributed by atoms with Gasteiger partial charge in [-0.15, -0.1) is 0 Å². The Bertz CT molecular complexity index is 750. The lowest BCUT2D eigenvalue weighted by atomic mass is 9.90. The third kappa shape index (κ3) is 4.18. The molecule has 0 bridgehead atoms. The number of aryl methyl sites for hydroxylation is 1. The zero-order chi connectivity index (χ0) is 18.5. The first-order chi connectivity index (χ1) is 12.6. The Balaban J connectivity index is 1.76. The second-order valence-electron chi connectivity index (χ2n) is 7.20. The van der Waals surface area contributed by atoms with Crippen LogP contribution in [0.15, 0.2) is 18.3 Å². The summed E-state index contributed by atoms with van der Waals surface area (Å²) >= 11 is 0. The lowest BCUT2D eigenvalue weighted by molar-refractivity contribution is 0.0907. The van der Waals surface area contributed by atoms with Crippen molar-refractivity contribution < 1.29 is 14.6 Å². The van der Waals surface area contributed by atoms with Crippen LogP contribution >= 0.6 is 0 Å². The average Bonchev–Trinajstić information content (AvgIpc) is 3.01. The van der Waals surface area contributed by atoms with E-state index in [9.17, 15) is 9.90 Å². The van der Waals surface area contributed by atoms with Crippen molar-refractivity contribution in [2.24, 2.45) is 5.92 Å². The summed E-state index contributed by atoms with van der Waals surface area (Å²) in [6, 6.07) is 3.79. The van der Waals surface area contributed by atoms with E-state index in [2.05, 4.69) is 10.3 Å². The molecule has 0 aromatic carbocycles. The van der Waals surface area contributed by atoms with Crippen LogP contribution in [0.3, 0.4) is 0 Å². The van der Waals surface area contributed by atoms with Gasteiger partial charge in [-0.1, -0.05) is 26.2 Å². The van der Waals surface area contributed by atoms with Gasteiger partial charge in [0.25, 0.3) is 5.91 Å². The highest BCUT2D eigenvalue weighted by molar-refractivity contribution is 5.95. The minimum Gasteiger partial charge on any atom is -0.489 e. The maximum atomic E-state index is 12.6. The quantitative estimate of drug-likeness (QED) is 0.796. The first-order valence-electron chi connectivity index (χ1n) is 9.66. The number of hydrogen-bond acceptors (Lipinski definition) is 4. The number of rotatable bonds is 7. The predicted octanol–water partition coefficient (Wildman–Crippen LogP) is 3.10. The van der Waals surface area contributed by atoms with E-state index in [1.807, 2.05) is 32.2 Å². The maximum absolute atomic E-state index is 12.6. The monoisotopic (exact) mass is 359 g/mol. The average molecular weight is 359 g/mol. The number of carbonyl (C=O) groups is 1. The third-order valence-corrected chi connectivity index (χ3v) is 5.17. The molecule has 1 aliphatic rings. The topological polar surface area (TPSA) is 75.9 Å². The molecule has 0 radical (unpaired) electrons. The smallest absolute Gasteiger partial charge is 0.270 e. The standard InChI is InChI=1S/C20H29N3O3/c1-3-16(24)12-21-20(25)18-14(2)22-19-17(10-7-11-23(18)19)26-13-15-8-5-4-6-9-15/h7,10-11,15-16,24H,3-6,8-9,12-13H2,1-2H3,(H,21,25)/t16-/m1/s1. The molecule has 6 nitrogen and oxygen atoms in total. The van der Waals surface area contributed by atoms with Crippen molar-refractivity contribution in [3.05, 3.63) is 29.7 Å². The summed E-state index contributed by atoms with van der Waals surface area (Å²) in [5.74, 6) is 1.10. The lowest BCUT2D eigenvalue weighted by Crippen LogP contribution is -2.32. The number of fused-ring (bicyclic) bond motifs is 1. The van der Waals surface area contributed by atoms with Gasteiger partial charge in [-0.3, -0.25) is 9.20 Å². The molecular weight excluding hydrogens is 330 g/mol. The largest absolute Gasteiger partial charge is 0.489 e. The first kappa shape index (κ1) is 18.7. The minimum atomic E-state index is -0.534. The Kier molecular flexibility index (Phi) is 6.14. The number of imidazole rings is 1. The van der Waals surface area contributed by atoms with Crippen LogP contribution in [0.25, 0.3) is 5.65 Å². The van der Waals surface area contributed by atoms with E-state index in [4.69, 9.17) is 4.74 Å². The van der Waals surface area contributed by atoms with Crippen molar-refractivity contribution in [2.45, 2.75) is 58.5 Å². The van der Waals surface area contributed by atoms with Crippen LogP contribution in [0, 0.1) is 12.8 Å². The molecule has 2 N–H and O–H groups in total. The van der Waals surface area contributed by atoms with Gasteiger partial charge in [0, 0.05) is 12.7 Å². The molecule has 6 heteroatoms. The molecule has 1 amide bonds. The molecule has 26 heavy (non-hydrogen) atoms. The van der Waals surface area contributed by atoms with E-state index in [1.165, 1.54) is 32.1 Å². The zero-order valence-electron chi connectivity index (χ0n) is 15.7. The van der Waals surface area contributed by atoms with Gasteiger partial charge in [-0.2, -0.15) is 0 Å². The van der Waals surface area contributed by atoms with Gasteiger partial charge >= 0.3 is 0 Å². The van der Waals surface area contributed by atoms with Crippen molar-refractivity contribution in [2.75, 3.05) is 13.2 Å². The van der Waals surface area contributed by atoms with Crippen LogP contribution in [-0.2, 0) is 0 Å². The molecule has 1 saturated carbocycles. The number of nitrogens with one attached hydrogen (secondary N) is 1. The van der Waals surface area contributed by atoms with Crippen LogP contribution in [0.2, 0.25) is 0 Å². The number of nitrogens with zero attached hydrogens (tertiary/aromatic N) is 2. The summed E-state index contributed by atoms with van der Waals surface area (Å²) in [6.07, 6.45) is 8.25. The van der Waals surface area contributed by atoms with E-state index in [0.29, 0.717) is 41.7 Å². The first-order valence-corrected chi connectivity index (χ1v) is 9.66. The fourth-order valence-electron chi connectivity index (χ4n) is 3.54. The van der Waals surface area contributed by atoms with Crippen molar-refractivity contribution in [1.82, 2.24) is 14.7 Å². The summed E-state index contributed by atoms with van der Waals surface area (Å²) in [5, 5.41) is 12.4. The number of amides is 1. The van der Waals surface area contributed by atoms with Crippen molar-refractivity contribution in [3.63, 3.8) is 0 Å². The minimum absolute atomic E-state index is 0.230. The third-order valence-electron chi connectivity index (χ3n) is 5.17. The van der Waals surface area contributed by atoms with Crippen LogP contribution < -0.4 is 10.1 Å². The molecule has 0 saturated heterocycles. The molecule has 2 heterocycles. The molecule has 142 valence electrons. The van der Waals surface area contributed by atoms with Crippen LogP contribution in [0.1, 0.15) is 61.6 Å². The van der Waals surface area contributed by atoms with E-state index in [0.717, 1.165) is 0 Å². The molecule has 2 aromatic heterocycles. The Labute approximate surface area is 154 Å². The summed E-state index contributed by atoms with van der Waals surface area (Å²) < 4.78 is 7.84. The number of aliphatic hydroxyl groups excluding tert-OH is 1. The number of hydrogen-bond donors (Lipinski definition) is 2. The zero-order valence-corrected chi connectivity index (χ0v) is 15.7. The molecule has 0 unspecified atom stereocenters. The summed E-state index contributed by atoms with van der Waals surface area (Å²) in [7, 11) is 0. The SMILES string of the molecule is CC[C@@H](O)CNC(=O)c1c(C)nc2c(OCC3CCCCC3)cccn12. The number of aromatic nitrogens is 2. The lowest BCUT2D eigenvalue weighted by Gasteiger charge is -2.21. The van der Waals surface area contributed by atoms with Crippen molar-refractivity contribution in [3.8, 4) is 5.75 Å². The highest BCUT2D eigenvalue weighted by atomic mass is 16.5. The molecule has 0 spiro atoms. The van der Waals surface area contributed by atoms with Crippen molar-refractivity contribution in [1.29, 1.82) is 0 Å². The van der Waals surface area contributed by atoms with Gasteiger partial charge in [0.15, 0.2) is 11.4 Å². The maximum Gasteiger partial charge on any atom is 0.270 e. The van der Waals surface area contributed by atoms with Crippen LogP contribution in [-0.4, -0.2) is 39.7 Å². The predicted molar refractivity (Wildman–Crippen MR) is 101 cm³/mol. The van der Waals surface area contributed by atoms with Crippen LogP contribution in [0.5, 0.6) is 5.75 Å². The van der Waals surface area contributed by atoms with Gasteiger partial charge < -0.3 is 15.2 Å². The van der Waals surface area contributed by atoms with Gasteiger partial charge in [0.05, 0.1) is 18.4 Å². The van der Waals surface area contributed by atoms with Crippen LogP contribution in [0.4, 0.5) is 0 Å². The molecule has 1 atom stereocenters. The highest BCUT2D eigenvalue weighted by Crippen LogP contribution is 2.27. The fourth-order valence-corrected chi connectivity index (χ4v) is 3.54. The summed E-state index contributed by atoms with van der Waals surface area (Å²) in [5.41, 5.74) is 1.82. The Hall–Kier alpha value is -2.08.